The van der Waals surface area contributed by atoms with Crippen LogP contribution in [0.3, 0.4) is 0 Å². The van der Waals surface area contributed by atoms with Crippen LogP contribution in [0.5, 0.6) is 11.5 Å². The smallest absolute Gasteiger partial charge is 0.270 e. The number of likely N-dealkylation sites (N-methyl/N-ethyl adjacent to an activating group) is 1. The van der Waals surface area contributed by atoms with Gasteiger partial charge in [-0.15, -0.1) is 23.7 Å². The first-order chi connectivity index (χ1) is 15.0. The summed E-state index contributed by atoms with van der Waals surface area (Å²) in [6.07, 6.45) is 0.882. The van der Waals surface area contributed by atoms with Gasteiger partial charge in [-0.1, -0.05) is 23.7 Å². The van der Waals surface area contributed by atoms with E-state index < -0.39 is 0 Å². The number of aromatic nitrogens is 1. The molecule has 168 valence electrons. The number of hydrogen-bond donors (Lipinski definition) is 0. The van der Waals surface area contributed by atoms with Crippen LogP contribution in [0.25, 0.3) is 10.6 Å². The molecule has 0 unspecified atom stereocenters. The zero-order valence-corrected chi connectivity index (χ0v) is 20.1. The van der Waals surface area contributed by atoms with Gasteiger partial charge in [0.15, 0.2) is 11.5 Å². The lowest BCUT2D eigenvalue weighted by atomic mass is 10.1. The van der Waals surface area contributed by atoms with Gasteiger partial charge in [0.1, 0.15) is 16.0 Å². The summed E-state index contributed by atoms with van der Waals surface area (Å²) in [7, 11) is 3.69. The van der Waals surface area contributed by atoms with Crippen molar-refractivity contribution in [1.82, 2.24) is 9.88 Å². The van der Waals surface area contributed by atoms with E-state index in [1.165, 1.54) is 11.3 Å². The first-order valence-electron chi connectivity index (χ1n) is 10.1. The molecule has 9 heteroatoms. The first-order valence-corrected chi connectivity index (χ1v) is 11.3. The first kappa shape index (κ1) is 22.9. The number of fused-ring (bicyclic) bond motifs is 1. The third kappa shape index (κ3) is 4.30. The van der Waals surface area contributed by atoms with Gasteiger partial charge in [0.25, 0.3) is 5.91 Å². The van der Waals surface area contributed by atoms with Gasteiger partial charge in [-0.05, 0) is 31.3 Å². The van der Waals surface area contributed by atoms with Gasteiger partial charge in [-0.2, -0.15) is 0 Å². The fourth-order valence-electron chi connectivity index (χ4n) is 3.91. The molecule has 32 heavy (non-hydrogen) atoms. The number of nitrogens with zero attached hydrogens (tertiary/aromatic N) is 3. The van der Waals surface area contributed by atoms with E-state index in [9.17, 15) is 4.79 Å². The third-order valence-corrected chi connectivity index (χ3v) is 6.97. The summed E-state index contributed by atoms with van der Waals surface area (Å²) in [6, 6.07) is 13.2. The van der Waals surface area contributed by atoms with Crippen molar-refractivity contribution in [2.45, 2.75) is 12.5 Å². The van der Waals surface area contributed by atoms with Gasteiger partial charge in [0.2, 0.25) is 0 Å². The molecule has 0 N–H and O–H groups in total. The Balaban J connectivity index is 0.00000245. The fraction of sp³-hybridized carbons (Fsp3) is 0.304. The van der Waals surface area contributed by atoms with Crippen LogP contribution in [0.4, 0.5) is 5.69 Å². The minimum absolute atomic E-state index is 0. The number of methoxy groups -OCH3 is 1. The van der Waals surface area contributed by atoms with Crippen molar-refractivity contribution >= 4 is 46.9 Å². The van der Waals surface area contributed by atoms with Gasteiger partial charge in [-0.25, -0.2) is 4.98 Å². The van der Waals surface area contributed by atoms with Crippen LogP contribution in [-0.2, 0) is 6.42 Å². The molecule has 0 aliphatic carbocycles. The van der Waals surface area contributed by atoms with Crippen LogP contribution in [0.2, 0.25) is 5.02 Å². The summed E-state index contributed by atoms with van der Waals surface area (Å²) >= 11 is 7.42. The second kappa shape index (κ2) is 9.27. The van der Waals surface area contributed by atoms with Crippen LogP contribution in [0, 0.1) is 0 Å². The molecule has 1 saturated heterocycles. The Morgan fingerprint density at radius 3 is 2.56 bits per heavy atom. The van der Waals surface area contributed by atoms with Crippen molar-refractivity contribution in [2.24, 2.45) is 0 Å². The number of halogens is 2. The van der Waals surface area contributed by atoms with Gasteiger partial charge >= 0.3 is 0 Å². The highest BCUT2D eigenvalue weighted by Crippen LogP contribution is 2.37. The summed E-state index contributed by atoms with van der Waals surface area (Å²) in [5.74, 6) is 1.31. The molecular formula is C23H23Cl2N3O3S. The lowest BCUT2D eigenvalue weighted by Gasteiger charge is -2.36. The highest BCUT2D eigenvalue weighted by molar-refractivity contribution is 7.17. The Hall–Kier alpha value is -2.32. The summed E-state index contributed by atoms with van der Waals surface area (Å²) in [4.78, 5) is 22.7. The molecule has 3 aromatic rings. The molecule has 3 heterocycles. The van der Waals surface area contributed by atoms with Gasteiger partial charge < -0.3 is 14.4 Å². The molecule has 0 saturated carbocycles. The number of rotatable bonds is 5. The minimum atomic E-state index is -0.0321. The number of benzene rings is 2. The molecule has 5 rings (SSSR count). The number of carbonyl (C=O) groups is 1. The molecule has 1 fully saturated rings. The summed E-state index contributed by atoms with van der Waals surface area (Å²) < 4.78 is 11.6. The number of amides is 1. The quantitative estimate of drug-likeness (QED) is 0.513. The van der Waals surface area contributed by atoms with Gasteiger partial charge in [-0.3, -0.25) is 9.69 Å². The molecule has 2 aromatic carbocycles. The monoisotopic (exact) mass is 491 g/mol. The summed E-state index contributed by atoms with van der Waals surface area (Å²) in [5, 5.41) is 1.52. The number of carbonyl (C=O) groups excluding carboxylic acids is 1. The summed E-state index contributed by atoms with van der Waals surface area (Å²) in [6.45, 7) is 2.38. The van der Waals surface area contributed by atoms with Crippen LogP contribution >= 0.6 is 35.3 Å². The normalized spacial score (nSPS) is 16.2. The van der Waals surface area contributed by atoms with E-state index in [-0.39, 0.29) is 24.4 Å². The Labute approximate surface area is 202 Å². The fourth-order valence-corrected chi connectivity index (χ4v) is 5.10. The molecule has 6 nitrogen and oxygen atoms in total. The van der Waals surface area contributed by atoms with Gasteiger partial charge in [0.05, 0.1) is 12.8 Å². The topological polar surface area (TPSA) is 54.9 Å². The predicted octanol–water partition coefficient (Wildman–Crippen LogP) is 4.79. The second-order valence-electron chi connectivity index (χ2n) is 7.80. The van der Waals surface area contributed by atoms with Crippen LogP contribution in [-0.4, -0.2) is 55.7 Å². The van der Waals surface area contributed by atoms with Crippen LogP contribution in [0.1, 0.15) is 15.4 Å². The van der Waals surface area contributed by atoms with E-state index >= 15 is 0 Å². The highest BCUT2D eigenvalue weighted by Gasteiger charge is 2.31. The molecule has 1 amide bonds. The SMILES string of the molecule is COc1cc(N2CCc3nc(-c4ccc(Cl)cc4)sc3C2=O)ccc1OC1CN(C)C1.Cl. The van der Waals surface area contributed by atoms with Crippen LogP contribution < -0.4 is 14.4 Å². The van der Waals surface area contributed by atoms with Crippen LogP contribution in [0.15, 0.2) is 42.5 Å². The largest absolute Gasteiger partial charge is 0.493 e. The molecular weight excluding hydrogens is 469 g/mol. The summed E-state index contributed by atoms with van der Waals surface area (Å²) in [5.41, 5.74) is 2.62. The maximum Gasteiger partial charge on any atom is 0.270 e. The maximum absolute atomic E-state index is 13.3. The van der Waals surface area contributed by atoms with E-state index in [0.29, 0.717) is 34.4 Å². The van der Waals surface area contributed by atoms with Crippen molar-refractivity contribution in [3.05, 3.63) is 58.1 Å². The minimum Gasteiger partial charge on any atom is -0.493 e. The lowest BCUT2D eigenvalue weighted by molar-refractivity contribution is 0.0370. The standard InChI is InChI=1S/C23H22ClN3O3S.ClH/c1-26-12-17(13-26)30-19-8-7-16(11-20(19)29-2)27-10-9-18-21(23(27)28)31-22(25-18)14-3-5-15(24)6-4-14;/h3-8,11,17H,9-10,12-13H2,1-2H3;1H. The van der Waals surface area contributed by atoms with E-state index in [0.717, 1.165) is 35.0 Å². The maximum atomic E-state index is 13.3. The van der Waals surface area contributed by atoms with Gasteiger partial charge in [0, 0.05) is 48.4 Å². The average Bonchev–Trinajstić information content (AvgIpc) is 3.19. The molecule has 1 aromatic heterocycles. The van der Waals surface area contributed by atoms with E-state index in [1.54, 1.807) is 12.0 Å². The number of hydrogen-bond acceptors (Lipinski definition) is 6. The van der Waals surface area contributed by atoms with Crippen molar-refractivity contribution in [2.75, 3.05) is 38.7 Å². The molecule has 0 radical (unpaired) electrons. The number of anilines is 1. The molecule has 0 bridgehead atoms. The molecule has 0 atom stereocenters. The second-order valence-corrected chi connectivity index (χ2v) is 9.24. The van der Waals surface area contributed by atoms with Crippen molar-refractivity contribution in [3.63, 3.8) is 0 Å². The number of thiazole rings is 1. The average molecular weight is 492 g/mol. The van der Waals surface area contributed by atoms with E-state index in [1.807, 2.05) is 42.5 Å². The Kier molecular flexibility index (Phi) is 6.62. The van der Waals surface area contributed by atoms with E-state index in [2.05, 4.69) is 11.9 Å². The Bertz CT molecular complexity index is 1130. The van der Waals surface area contributed by atoms with Crippen molar-refractivity contribution < 1.29 is 14.3 Å². The number of ether oxygens (including phenoxy) is 2. The molecule has 2 aliphatic heterocycles. The Morgan fingerprint density at radius 2 is 1.88 bits per heavy atom. The molecule has 0 spiro atoms. The number of likely N-dealkylation sites (tertiary alicyclic amines) is 1. The predicted molar refractivity (Wildman–Crippen MR) is 130 cm³/mol. The Morgan fingerprint density at radius 1 is 1.12 bits per heavy atom. The molecule has 2 aliphatic rings. The third-order valence-electron chi connectivity index (χ3n) is 5.58. The zero-order valence-electron chi connectivity index (χ0n) is 17.7. The van der Waals surface area contributed by atoms with Crippen molar-refractivity contribution in [1.29, 1.82) is 0 Å². The van der Waals surface area contributed by atoms with Crippen molar-refractivity contribution in [3.8, 4) is 22.1 Å². The highest BCUT2D eigenvalue weighted by atomic mass is 35.5. The zero-order chi connectivity index (χ0) is 21.5. The lowest BCUT2D eigenvalue weighted by Crippen LogP contribution is -2.51. The van der Waals surface area contributed by atoms with E-state index in [4.69, 9.17) is 26.1 Å².